The molecular weight excluding hydrogens is 178 g/mol. The Morgan fingerprint density at radius 2 is 2.07 bits per heavy atom. The summed E-state index contributed by atoms with van der Waals surface area (Å²) in [6.07, 6.45) is 3.95. The first-order chi connectivity index (χ1) is 6.65. The molecule has 0 aliphatic carbocycles. The van der Waals surface area contributed by atoms with E-state index in [1.807, 2.05) is 0 Å². The molecule has 0 aromatic rings. The first-order valence-electron chi connectivity index (χ1n) is 5.37. The fraction of sp³-hybridized carbons (Fsp3) is 0.900. The molecular formula is C10H19N3O. The summed E-state index contributed by atoms with van der Waals surface area (Å²) in [6.45, 7) is 4.18. The Morgan fingerprint density at radius 3 is 2.57 bits per heavy atom. The van der Waals surface area contributed by atoms with E-state index in [0.29, 0.717) is 24.7 Å². The molecule has 3 unspecified atom stereocenters. The zero-order valence-corrected chi connectivity index (χ0v) is 8.70. The Bertz CT molecular complexity index is 219. The number of rotatable bonds is 3. The minimum Gasteiger partial charge on any atom is -0.388 e. The van der Waals surface area contributed by atoms with Crippen molar-refractivity contribution >= 4 is 5.84 Å². The van der Waals surface area contributed by atoms with E-state index < -0.39 is 0 Å². The van der Waals surface area contributed by atoms with Crippen molar-refractivity contribution in [3.63, 3.8) is 0 Å². The molecule has 0 spiro atoms. The fourth-order valence-corrected chi connectivity index (χ4v) is 2.45. The lowest BCUT2D eigenvalue weighted by Gasteiger charge is -2.36. The van der Waals surface area contributed by atoms with Crippen molar-refractivity contribution in [1.82, 2.24) is 4.90 Å². The van der Waals surface area contributed by atoms with Gasteiger partial charge in [-0.15, -0.1) is 0 Å². The number of morpholine rings is 1. The van der Waals surface area contributed by atoms with Crippen molar-refractivity contribution < 1.29 is 4.74 Å². The number of hydrogen-bond acceptors (Lipinski definition) is 3. The van der Waals surface area contributed by atoms with Crippen LogP contribution < -0.4 is 5.73 Å². The van der Waals surface area contributed by atoms with Crippen molar-refractivity contribution in [2.45, 2.75) is 44.4 Å². The number of amidine groups is 1. The molecule has 2 bridgehead atoms. The van der Waals surface area contributed by atoms with Crippen LogP contribution in [0.25, 0.3) is 0 Å². The average Bonchev–Trinajstić information content (AvgIpc) is 2.44. The number of nitrogens with one attached hydrogen (secondary N) is 1. The Labute approximate surface area is 84.9 Å². The smallest absolute Gasteiger partial charge is 0.0920 e. The van der Waals surface area contributed by atoms with Crippen LogP contribution in [0.15, 0.2) is 0 Å². The Balaban J connectivity index is 1.89. The van der Waals surface area contributed by atoms with Gasteiger partial charge < -0.3 is 10.5 Å². The Kier molecular flexibility index (Phi) is 2.74. The largest absolute Gasteiger partial charge is 0.388 e. The molecule has 4 heteroatoms. The normalized spacial score (nSPS) is 34.4. The molecule has 2 saturated heterocycles. The maximum Gasteiger partial charge on any atom is 0.0920 e. The number of nitrogens with zero attached hydrogens (tertiary/aromatic N) is 1. The second-order valence-electron chi connectivity index (χ2n) is 4.49. The maximum atomic E-state index is 7.28. The van der Waals surface area contributed by atoms with E-state index in [0.717, 1.165) is 13.1 Å². The van der Waals surface area contributed by atoms with Gasteiger partial charge in [-0.3, -0.25) is 10.3 Å². The standard InChI is InChI=1S/C10H19N3O/c1-7(4-10(11)12)13-5-8-2-3-9(6-13)14-8/h7-9H,2-6H2,1H3,(H3,11,12). The molecule has 0 saturated carbocycles. The third kappa shape index (κ3) is 2.07. The van der Waals surface area contributed by atoms with E-state index in [2.05, 4.69) is 11.8 Å². The van der Waals surface area contributed by atoms with Crippen molar-refractivity contribution in [3.8, 4) is 0 Å². The number of fused-ring (bicyclic) bond motifs is 2. The Hall–Kier alpha value is -0.610. The molecule has 2 fully saturated rings. The molecule has 0 aromatic carbocycles. The number of likely N-dealkylation sites (tertiary alicyclic amines) is 1. The van der Waals surface area contributed by atoms with Gasteiger partial charge in [0, 0.05) is 25.6 Å². The molecule has 2 rings (SSSR count). The van der Waals surface area contributed by atoms with Gasteiger partial charge in [-0.05, 0) is 19.8 Å². The van der Waals surface area contributed by atoms with Crippen LogP contribution in [0, 0.1) is 5.41 Å². The van der Waals surface area contributed by atoms with Gasteiger partial charge in [0.25, 0.3) is 0 Å². The molecule has 0 aromatic heterocycles. The summed E-state index contributed by atoms with van der Waals surface area (Å²) in [6, 6.07) is 0.388. The summed E-state index contributed by atoms with van der Waals surface area (Å²) in [7, 11) is 0. The van der Waals surface area contributed by atoms with Crippen LogP contribution in [0.3, 0.4) is 0 Å². The van der Waals surface area contributed by atoms with Gasteiger partial charge in [0.05, 0.1) is 18.0 Å². The van der Waals surface area contributed by atoms with E-state index in [1.54, 1.807) is 0 Å². The van der Waals surface area contributed by atoms with Crippen molar-refractivity contribution in [3.05, 3.63) is 0 Å². The van der Waals surface area contributed by atoms with Gasteiger partial charge in [-0.1, -0.05) is 0 Å². The maximum absolute atomic E-state index is 7.28. The van der Waals surface area contributed by atoms with Crippen molar-refractivity contribution in [2.24, 2.45) is 5.73 Å². The van der Waals surface area contributed by atoms with Crippen molar-refractivity contribution in [1.29, 1.82) is 5.41 Å². The molecule has 80 valence electrons. The lowest BCUT2D eigenvalue weighted by molar-refractivity contribution is -0.0494. The lowest BCUT2D eigenvalue weighted by Crippen LogP contribution is -2.47. The number of nitrogens with two attached hydrogens (primary N) is 1. The number of ether oxygens (including phenoxy) is 1. The topological polar surface area (TPSA) is 62.3 Å². The molecule has 14 heavy (non-hydrogen) atoms. The molecule has 3 atom stereocenters. The first kappa shape index (κ1) is 9.93. The summed E-state index contributed by atoms with van der Waals surface area (Å²) in [5, 5.41) is 7.28. The van der Waals surface area contributed by atoms with E-state index >= 15 is 0 Å². The highest BCUT2D eigenvalue weighted by Crippen LogP contribution is 2.27. The van der Waals surface area contributed by atoms with Crippen LogP contribution in [-0.2, 0) is 4.74 Å². The minimum atomic E-state index is 0.288. The van der Waals surface area contributed by atoms with Gasteiger partial charge in [-0.25, -0.2) is 0 Å². The summed E-state index contributed by atoms with van der Waals surface area (Å²) in [4.78, 5) is 2.41. The lowest BCUT2D eigenvalue weighted by atomic mass is 10.1. The van der Waals surface area contributed by atoms with Crippen LogP contribution in [0.5, 0.6) is 0 Å². The molecule has 3 N–H and O–H groups in total. The molecule has 0 amide bonds. The van der Waals surface area contributed by atoms with E-state index in [1.165, 1.54) is 12.8 Å². The third-order valence-electron chi connectivity index (χ3n) is 3.21. The molecule has 2 aliphatic rings. The van der Waals surface area contributed by atoms with Crippen LogP contribution in [-0.4, -0.2) is 42.1 Å². The predicted molar refractivity (Wildman–Crippen MR) is 55.5 cm³/mol. The number of hydrogen-bond donors (Lipinski definition) is 2. The molecule has 2 aliphatic heterocycles. The van der Waals surface area contributed by atoms with Crippen LogP contribution in [0.1, 0.15) is 26.2 Å². The van der Waals surface area contributed by atoms with Crippen LogP contribution in [0.2, 0.25) is 0 Å². The van der Waals surface area contributed by atoms with Gasteiger partial charge in [0.1, 0.15) is 0 Å². The predicted octanol–water partition coefficient (Wildman–Crippen LogP) is 0.564. The monoisotopic (exact) mass is 197 g/mol. The summed E-state index contributed by atoms with van der Waals surface area (Å²) in [5.74, 6) is 0.288. The zero-order valence-electron chi connectivity index (χ0n) is 8.70. The zero-order chi connectivity index (χ0) is 10.1. The Morgan fingerprint density at radius 1 is 1.50 bits per heavy atom. The summed E-state index contributed by atoms with van der Waals surface area (Å²) < 4.78 is 5.76. The molecule has 4 nitrogen and oxygen atoms in total. The van der Waals surface area contributed by atoms with Gasteiger partial charge in [0.15, 0.2) is 0 Å². The summed E-state index contributed by atoms with van der Waals surface area (Å²) in [5.41, 5.74) is 5.41. The van der Waals surface area contributed by atoms with E-state index in [9.17, 15) is 0 Å². The van der Waals surface area contributed by atoms with Crippen LogP contribution >= 0.6 is 0 Å². The average molecular weight is 197 g/mol. The second-order valence-corrected chi connectivity index (χ2v) is 4.49. The SMILES string of the molecule is CC(CC(=N)N)N1CC2CCC(C1)O2. The highest BCUT2D eigenvalue weighted by Gasteiger charge is 2.35. The summed E-state index contributed by atoms with van der Waals surface area (Å²) >= 11 is 0. The third-order valence-corrected chi connectivity index (χ3v) is 3.21. The minimum absolute atomic E-state index is 0.288. The van der Waals surface area contributed by atoms with Gasteiger partial charge in [0.2, 0.25) is 0 Å². The van der Waals surface area contributed by atoms with Gasteiger partial charge in [-0.2, -0.15) is 0 Å². The van der Waals surface area contributed by atoms with E-state index in [-0.39, 0.29) is 5.84 Å². The fourth-order valence-electron chi connectivity index (χ4n) is 2.45. The quantitative estimate of drug-likeness (QED) is 0.513. The molecule has 2 heterocycles. The highest BCUT2D eigenvalue weighted by atomic mass is 16.5. The van der Waals surface area contributed by atoms with E-state index in [4.69, 9.17) is 15.9 Å². The first-order valence-corrected chi connectivity index (χ1v) is 5.37. The van der Waals surface area contributed by atoms with Crippen LogP contribution in [0.4, 0.5) is 0 Å². The second kappa shape index (κ2) is 3.87. The highest BCUT2D eigenvalue weighted by molar-refractivity contribution is 5.77. The molecule has 0 radical (unpaired) electrons. The van der Waals surface area contributed by atoms with Crippen molar-refractivity contribution in [2.75, 3.05) is 13.1 Å². The van der Waals surface area contributed by atoms with Gasteiger partial charge >= 0.3 is 0 Å².